The van der Waals surface area contributed by atoms with Crippen LogP contribution < -0.4 is 5.32 Å². The van der Waals surface area contributed by atoms with Gasteiger partial charge in [0.25, 0.3) is 0 Å². The average molecular weight is 322 g/mol. The number of nitrogens with zero attached hydrogens (tertiary/aromatic N) is 2. The average Bonchev–Trinajstić information content (AvgIpc) is 3.24. The van der Waals surface area contributed by atoms with Gasteiger partial charge < -0.3 is 5.32 Å². The van der Waals surface area contributed by atoms with Crippen LogP contribution in [0.15, 0.2) is 41.3 Å². The van der Waals surface area contributed by atoms with Crippen LogP contribution in [-0.2, 0) is 0 Å². The number of hydrogen-bond acceptors (Lipinski definition) is 3. The van der Waals surface area contributed by atoms with Crippen molar-refractivity contribution in [3.05, 3.63) is 52.6 Å². The van der Waals surface area contributed by atoms with Crippen LogP contribution in [-0.4, -0.2) is 9.97 Å². The molecule has 5 heteroatoms. The molecule has 1 fully saturated rings. The molecule has 1 heterocycles. The molecule has 3 nitrogen and oxygen atoms in total. The molecule has 1 aromatic heterocycles. The molecule has 0 saturated heterocycles. The second kappa shape index (κ2) is 5.25. The number of anilines is 1. The lowest BCUT2D eigenvalue weighted by Gasteiger charge is -2.20. The number of benzene rings is 1. The zero-order chi connectivity index (χ0) is 13.2. The van der Waals surface area contributed by atoms with Crippen LogP contribution in [0.2, 0.25) is 0 Å². The minimum atomic E-state index is -0.207. The van der Waals surface area contributed by atoms with Gasteiger partial charge in [-0.05, 0) is 52.4 Å². The van der Waals surface area contributed by atoms with Crippen molar-refractivity contribution in [1.29, 1.82) is 0 Å². The second-order valence-corrected chi connectivity index (χ2v) is 5.58. The smallest absolute Gasteiger partial charge is 0.144 e. The van der Waals surface area contributed by atoms with Crippen molar-refractivity contribution in [2.75, 3.05) is 5.32 Å². The van der Waals surface area contributed by atoms with E-state index < -0.39 is 0 Å². The Balaban J connectivity index is 1.86. The van der Waals surface area contributed by atoms with Gasteiger partial charge in [-0.1, -0.05) is 12.1 Å². The molecule has 1 N–H and O–H groups in total. The van der Waals surface area contributed by atoms with Gasteiger partial charge in [0, 0.05) is 6.20 Å². The Hall–Kier alpha value is -1.49. The van der Waals surface area contributed by atoms with Gasteiger partial charge in [0.2, 0.25) is 0 Å². The highest BCUT2D eigenvalue weighted by molar-refractivity contribution is 9.10. The van der Waals surface area contributed by atoms with Crippen LogP contribution in [0.3, 0.4) is 0 Å². The third-order valence-electron chi connectivity index (χ3n) is 3.28. The monoisotopic (exact) mass is 321 g/mol. The minimum Gasteiger partial charge on any atom is -0.362 e. The summed E-state index contributed by atoms with van der Waals surface area (Å²) < 4.78 is 13.8. The summed E-state index contributed by atoms with van der Waals surface area (Å²) in [5.74, 6) is 1.16. The highest BCUT2D eigenvalue weighted by Crippen LogP contribution is 2.43. The zero-order valence-electron chi connectivity index (χ0n) is 10.2. The van der Waals surface area contributed by atoms with Crippen molar-refractivity contribution in [3.8, 4) is 0 Å². The third-order valence-corrected chi connectivity index (χ3v) is 3.86. The summed E-state index contributed by atoms with van der Waals surface area (Å²) in [4.78, 5) is 8.18. The molecule has 98 valence electrons. The summed E-state index contributed by atoms with van der Waals surface area (Å²) in [6.07, 6.45) is 5.61. The van der Waals surface area contributed by atoms with Gasteiger partial charge in [-0.25, -0.2) is 14.4 Å². The summed E-state index contributed by atoms with van der Waals surface area (Å²) in [5, 5.41) is 3.42. The van der Waals surface area contributed by atoms with Gasteiger partial charge in [0.05, 0.1) is 10.5 Å². The Morgan fingerprint density at radius 3 is 2.63 bits per heavy atom. The molecule has 0 bridgehead atoms. The first kappa shape index (κ1) is 12.5. The van der Waals surface area contributed by atoms with Crippen molar-refractivity contribution in [2.45, 2.75) is 18.9 Å². The van der Waals surface area contributed by atoms with E-state index in [0.717, 1.165) is 15.9 Å². The van der Waals surface area contributed by atoms with Crippen molar-refractivity contribution in [1.82, 2.24) is 9.97 Å². The third kappa shape index (κ3) is 2.92. The van der Waals surface area contributed by atoms with Crippen molar-refractivity contribution in [2.24, 2.45) is 5.92 Å². The maximum absolute atomic E-state index is 13.0. The van der Waals surface area contributed by atoms with E-state index in [0.29, 0.717) is 5.92 Å². The maximum Gasteiger partial charge on any atom is 0.144 e. The summed E-state index contributed by atoms with van der Waals surface area (Å²) in [7, 11) is 0. The topological polar surface area (TPSA) is 37.8 Å². The molecular formula is C14H13BrFN3. The molecule has 1 atom stereocenters. The van der Waals surface area contributed by atoms with Gasteiger partial charge in [-0.15, -0.1) is 0 Å². The summed E-state index contributed by atoms with van der Waals surface area (Å²) in [6.45, 7) is 0. The molecule has 1 aliphatic carbocycles. The van der Waals surface area contributed by atoms with Crippen LogP contribution in [0, 0.1) is 11.7 Å². The highest BCUT2D eigenvalue weighted by atomic mass is 79.9. The Labute approximate surface area is 119 Å². The number of hydrogen-bond donors (Lipinski definition) is 1. The SMILES string of the molecule is Fc1ccc([C@H](Nc2ncncc2Br)C2CC2)cc1. The lowest BCUT2D eigenvalue weighted by atomic mass is 10.0. The lowest BCUT2D eigenvalue weighted by molar-refractivity contribution is 0.622. The standard InChI is InChI=1S/C14H13BrFN3/c15-12-7-17-8-18-14(12)19-13(9-1-2-9)10-3-5-11(16)6-4-10/h3-9,13H,1-2H2,(H,17,18,19)/t13-/m1/s1. The first-order chi connectivity index (χ1) is 9.24. The Bertz CT molecular complexity index is 569. The van der Waals surface area contributed by atoms with E-state index in [9.17, 15) is 4.39 Å². The van der Waals surface area contributed by atoms with E-state index in [4.69, 9.17) is 0 Å². The Kier molecular flexibility index (Phi) is 3.46. The molecule has 1 saturated carbocycles. The van der Waals surface area contributed by atoms with Gasteiger partial charge >= 0.3 is 0 Å². The predicted molar refractivity (Wildman–Crippen MR) is 75.2 cm³/mol. The summed E-state index contributed by atoms with van der Waals surface area (Å²) >= 11 is 3.43. The number of rotatable bonds is 4. The van der Waals surface area contributed by atoms with E-state index in [1.165, 1.54) is 31.3 Å². The van der Waals surface area contributed by atoms with Crippen LogP contribution in [0.4, 0.5) is 10.2 Å². The zero-order valence-corrected chi connectivity index (χ0v) is 11.8. The predicted octanol–water partition coefficient (Wildman–Crippen LogP) is 3.94. The molecule has 2 aromatic rings. The van der Waals surface area contributed by atoms with Crippen molar-refractivity contribution < 1.29 is 4.39 Å². The fourth-order valence-corrected chi connectivity index (χ4v) is 2.47. The van der Waals surface area contributed by atoms with Crippen LogP contribution in [0.25, 0.3) is 0 Å². The van der Waals surface area contributed by atoms with E-state index in [-0.39, 0.29) is 11.9 Å². The molecule has 1 aromatic carbocycles. The number of nitrogens with one attached hydrogen (secondary N) is 1. The van der Waals surface area contributed by atoms with Crippen LogP contribution in [0.5, 0.6) is 0 Å². The normalized spacial score (nSPS) is 16.1. The van der Waals surface area contributed by atoms with Crippen LogP contribution in [0.1, 0.15) is 24.4 Å². The van der Waals surface area contributed by atoms with Gasteiger partial charge in [0.15, 0.2) is 0 Å². The second-order valence-electron chi connectivity index (χ2n) is 4.73. The van der Waals surface area contributed by atoms with E-state index in [1.54, 1.807) is 6.20 Å². The van der Waals surface area contributed by atoms with Gasteiger partial charge in [-0.2, -0.15) is 0 Å². The largest absolute Gasteiger partial charge is 0.362 e. The van der Waals surface area contributed by atoms with E-state index >= 15 is 0 Å². The summed E-state index contributed by atoms with van der Waals surface area (Å²) in [6, 6.07) is 6.84. The molecule has 0 unspecified atom stereocenters. The molecule has 0 radical (unpaired) electrons. The molecule has 0 aliphatic heterocycles. The molecule has 0 amide bonds. The summed E-state index contributed by atoms with van der Waals surface area (Å²) in [5.41, 5.74) is 1.09. The Morgan fingerprint density at radius 1 is 1.26 bits per heavy atom. The first-order valence-corrected chi connectivity index (χ1v) is 7.01. The van der Waals surface area contributed by atoms with Crippen LogP contribution >= 0.6 is 15.9 Å². The van der Waals surface area contributed by atoms with Crippen molar-refractivity contribution >= 4 is 21.7 Å². The lowest BCUT2D eigenvalue weighted by Crippen LogP contribution is -2.14. The number of halogens is 2. The first-order valence-electron chi connectivity index (χ1n) is 6.21. The highest BCUT2D eigenvalue weighted by Gasteiger charge is 2.32. The molecule has 3 rings (SSSR count). The van der Waals surface area contributed by atoms with Gasteiger partial charge in [0.1, 0.15) is 18.0 Å². The molecule has 0 spiro atoms. The fraction of sp³-hybridized carbons (Fsp3) is 0.286. The fourth-order valence-electron chi connectivity index (χ4n) is 2.14. The molecule has 1 aliphatic rings. The van der Waals surface area contributed by atoms with E-state index in [1.807, 2.05) is 12.1 Å². The number of aromatic nitrogens is 2. The van der Waals surface area contributed by atoms with E-state index in [2.05, 4.69) is 31.2 Å². The maximum atomic E-state index is 13.0. The van der Waals surface area contributed by atoms with Crippen molar-refractivity contribution in [3.63, 3.8) is 0 Å². The van der Waals surface area contributed by atoms with Gasteiger partial charge in [-0.3, -0.25) is 0 Å². The molecule has 19 heavy (non-hydrogen) atoms. The quantitative estimate of drug-likeness (QED) is 0.926. The Morgan fingerprint density at radius 2 is 2.00 bits per heavy atom. The minimum absolute atomic E-state index is 0.173. The molecular weight excluding hydrogens is 309 g/mol.